The predicted molar refractivity (Wildman–Crippen MR) is 67.3 cm³/mol. The smallest absolute Gasteiger partial charge is 0.0716 e. The number of benzene rings is 1. The second-order valence-corrected chi connectivity index (χ2v) is 3.98. The lowest BCUT2D eigenvalue weighted by atomic mass is 10.2. The highest BCUT2D eigenvalue weighted by molar-refractivity contribution is 5.13. The van der Waals surface area contributed by atoms with E-state index in [1.54, 1.807) is 0 Å². The normalized spacial score (nSPS) is 10.9. The third kappa shape index (κ3) is 5.85. The van der Waals surface area contributed by atoms with Crippen LogP contribution < -0.4 is 5.73 Å². The number of rotatable bonds is 8. The minimum atomic E-state index is 0.710. The molecule has 3 heteroatoms. The quantitative estimate of drug-likeness (QED) is 0.677. The molecule has 16 heavy (non-hydrogen) atoms. The number of ether oxygens (including phenoxy) is 1. The SMILES string of the molecule is CN(CCN)CCCOCc1ccccc1. The third-order valence-corrected chi connectivity index (χ3v) is 2.45. The molecule has 0 atom stereocenters. The summed E-state index contributed by atoms with van der Waals surface area (Å²) in [4.78, 5) is 2.23. The number of hydrogen-bond donors (Lipinski definition) is 1. The number of hydrogen-bond acceptors (Lipinski definition) is 3. The first-order chi connectivity index (χ1) is 7.83. The fraction of sp³-hybridized carbons (Fsp3) is 0.538. The van der Waals surface area contributed by atoms with Crippen LogP contribution in [0.15, 0.2) is 30.3 Å². The monoisotopic (exact) mass is 222 g/mol. The Labute approximate surface area is 98.2 Å². The van der Waals surface area contributed by atoms with Crippen molar-refractivity contribution in [3.05, 3.63) is 35.9 Å². The lowest BCUT2D eigenvalue weighted by Gasteiger charge is -2.14. The van der Waals surface area contributed by atoms with Gasteiger partial charge in [-0.2, -0.15) is 0 Å². The Morgan fingerprint density at radius 2 is 1.94 bits per heavy atom. The molecule has 0 radical (unpaired) electrons. The first-order valence-corrected chi connectivity index (χ1v) is 5.83. The number of nitrogens with two attached hydrogens (primary N) is 1. The van der Waals surface area contributed by atoms with Gasteiger partial charge in [0.05, 0.1) is 6.61 Å². The van der Waals surface area contributed by atoms with E-state index >= 15 is 0 Å². The fourth-order valence-electron chi connectivity index (χ4n) is 1.53. The number of likely N-dealkylation sites (N-methyl/N-ethyl adjacent to an activating group) is 1. The summed E-state index contributed by atoms with van der Waals surface area (Å²) in [6, 6.07) is 10.3. The van der Waals surface area contributed by atoms with Crippen molar-refractivity contribution in [2.45, 2.75) is 13.0 Å². The van der Waals surface area contributed by atoms with Crippen molar-refractivity contribution in [3.8, 4) is 0 Å². The largest absolute Gasteiger partial charge is 0.377 e. The summed E-state index contributed by atoms with van der Waals surface area (Å²) in [5.41, 5.74) is 6.70. The summed E-state index contributed by atoms with van der Waals surface area (Å²) in [5, 5.41) is 0. The molecular formula is C13H22N2O. The van der Waals surface area contributed by atoms with E-state index in [2.05, 4.69) is 24.1 Å². The van der Waals surface area contributed by atoms with E-state index in [0.717, 1.165) is 32.7 Å². The van der Waals surface area contributed by atoms with Crippen molar-refractivity contribution >= 4 is 0 Å². The van der Waals surface area contributed by atoms with Crippen molar-refractivity contribution in [2.75, 3.05) is 33.3 Å². The lowest BCUT2D eigenvalue weighted by Crippen LogP contribution is -2.27. The maximum absolute atomic E-state index is 5.59. The van der Waals surface area contributed by atoms with E-state index in [4.69, 9.17) is 10.5 Å². The van der Waals surface area contributed by atoms with Crippen LogP contribution in [0.25, 0.3) is 0 Å². The van der Waals surface area contributed by atoms with Crippen molar-refractivity contribution < 1.29 is 4.74 Å². The standard InChI is InChI=1S/C13H22N2O/c1-15(10-8-14)9-5-11-16-12-13-6-3-2-4-7-13/h2-4,6-7H,5,8-12,14H2,1H3. The Hall–Kier alpha value is -0.900. The van der Waals surface area contributed by atoms with Gasteiger partial charge in [-0.05, 0) is 19.0 Å². The molecule has 0 aromatic heterocycles. The molecular weight excluding hydrogens is 200 g/mol. The molecule has 0 heterocycles. The summed E-state index contributed by atoms with van der Waals surface area (Å²) in [7, 11) is 2.09. The van der Waals surface area contributed by atoms with Gasteiger partial charge in [-0.15, -0.1) is 0 Å². The Morgan fingerprint density at radius 1 is 1.19 bits per heavy atom. The van der Waals surface area contributed by atoms with Crippen molar-refractivity contribution in [1.82, 2.24) is 4.90 Å². The first kappa shape index (κ1) is 13.2. The number of nitrogens with zero attached hydrogens (tertiary/aromatic N) is 1. The first-order valence-electron chi connectivity index (χ1n) is 5.83. The summed E-state index contributed by atoms with van der Waals surface area (Å²) in [6.45, 7) is 4.25. The van der Waals surface area contributed by atoms with Gasteiger partial charge in [-0.25, -0.2) is 0 Å². The second kappa shape index (κ2) is 8.28. The van der Waals surface area contributed by atoms with E-state index in [9.17, 15) is 0 Å². The molecule has 1 aromatic carbocycles. The van der Waals surface area contributed by atoms with Crippen LogP contribution in [0, 0.1) is 0 Å². The highest BCUT2D eigenvalue weighted by Crippen LogP contribution is 2.00. The maximum Gasteiger partial charge on any atom is 0.0716 e. The molecule has 1 rings (SSSR count). The van der Waals surface area contributed by atoms with E-state index in [1.807, 2.05) is 18.2 Å². The zero-order valence-electron chi connectivity index (χ0n) is 10.1. The molecule has 0 bridgehead atoms. The molecule has 0 aliphatic heterocycles. The Bertz CT molecular complexity index is 264. The summed E-state index contributed by atoms with van der Waals surface area (Å²) < 4.78 is 5.59. The molecule has 0 aliphatic carbocycles. The van der Waals surface area contributed by atoms with E-state index < -0.39 is 0 Å². The van der Waals surface area contributed by atoms with Gasteiger partial charge in [0.2, 0.25) is 0 Å². The van der Waals surface area contributed by atoms with Crippen LogP contribution in [0.1, 0.15) is 12.0 Å². The minimum Gasteiger partial charge on any atom is -0.377 e. The molecule has 0 saturated heterocycles. The molecule has 1 aromatic rings. The van der Waals surface area contributed by atoms with Crippen molar-refractivity contribution in [1.29, 1.82) is 0 Å². The third-order valence-electron chi connectivity index (χ3n) is 2.45. The van der Waals surface area contributed by atoms with Crippen LogP contribution in [0.4, 0.5) is 0 Å². The molecule has 0 spiro atoms. The highest BCUT2D eigenvalue weighted by Gasteiger charge is 1.96. The van der Waals surface area contributed by atoms with Crippen LogP contribution in [0.2, 0.25) is 0 Å². The predicted octanol–water partition coefficient (Wildman–Crippen LogP) is 1.48. The Morgan fingerprint density at radius 3 is 2.62 bits per heavy atom. The molecule has 0 fully saturated rings. The van der Waals surface area contributed by atoms with Gasteiger partial charge in [0.25, 0.3) is 0 Å². The second-order valence-electron chi connectivity index (χ2n) is 3.98. The van der Waals surface area contributed by atoms with E-state index in [1.165, 1.54) is 5.56 Å². The van der Waals surface area contributed by atoms with Gasteiger partial charge in [0.1, 0.15) is 0 Å². The van der Waals surface area contributed by atoms with Gasteiger partial charge in [0, 0.05) is 26.2 Å². The van der Waals surface area contributed by atoms with Gasteiger partial charge in [0.15, 0.2) is 0 Å². The minimum absolute atomic E-state index is 0.710. The fourth-order valence-corrected chi connectivity index (χ4v) is 1.53. The summed E-state index contributed by atoms with van der Waals surface area (Å²) in [6.07, 6.45) is 1.06. The molecule has 0 unspecified atom stereocenters. The van der Waals surface area contributed by atoms with Gasteiger partial charge < -0.3 is 15.4 Å². The molecule has 2 N–H and O–H groups in total. The Kier molecular flexibility index (Phi) is 6.81. The topological polar surface area (TPSA) is 38.5 Å². The van der Waals surface area contributed by atoms with Crippen LogP contribution in [-0.4, -0.2) is 38.2 Å². The lowest BCUT2D eigenvalue weighted by molar-refractivity contribution is 0.111. The highest BCUT2D eigenvalue weighted by atomic mass is 16.5. The van der Waals surface area contributed by atoms with E-state index in [0.29, 0.717) is 6.61 Å². The molecule has 0 amide bonds. The van der Waals surface area contributed by atoms with Gasteiger partial charge in [-0.3, -0.25) is 0 Å². The molecule has 3 nitrogen and oxygen atoms in total. The average Bonchev–Trinajstić information content (AvgIpc) is 2.30. The average molecular weight is 222 g/mol. The van der Waals surface area contributed by atoms with Crippen molar-refractivity contribution in [3.63, 3.8) is 0 Å². The maximum atomic E-state index is 5.59. The summed E-state index contributed by atoms with van der Waals surface area (Å²) >= 11 is 0. The summed E-state index contributed by atoms with van der Waals surface area (Å²) in [5.74, 6) is 0. The van der Waals surface area contributed by atoms with Crippen LogP contribution in [0.5, 0.6) is 0 Å². The van der Waals surface area contributed by atoms with Crippen molar-refractivity contribution in [2.24, 2.45) is 5.73 Å². The van der Waals surface area contributed by atoms with Crippen LogP contribution >= 0.6 is 0 Å². The Balaban J connectivity index is 2.00. The van der Waals surface area contributed by atoms with Gasteiger partial charge in [-0.1, -0.05) is 30.3 Å². The molecule has 0 saturated carbocycles. The zero-order valence-corrected chi connectivity index (χ0v) is 10.1. The molecule has 90 valence electrons. The molecule has 0 aliphatic rings. The van der Waals surface area contributed by atoms with E-state index in [-0.39, 0.29) is 0 Å². The van der Waals surface area contributed by atoms with Gasteiger partial charge >= 0.3 is 0 Å². The zero-order chi connectivity index (χ0) is 11.6. The van der Waals surface area contributed by atoms with Crippen LogP contribution in [0.3, 0.4) is 0 Å². The van der Waals surface area contributed by atoms with Crippen LogP contribution in [-0.2, 0) is 11.3 Å².